The molecule has 0 saturated carbocycles. The average molecular weight is 317 g/mol. The summed E-state index contributed by atoms with van der Waals surface area (Å²) < 4.78 is 48.3. The van der Waals surface area contributed by atoms with Crippen LogP contribution in [0.25, 0.3) is 0 Å². The molecule has 8 heteroatoms. The molecular weight excluding hydrogens is 303 g/mol. The minimum absolute atomic E-state index is 0.0301. The molecule has 0 unspecified atom stereocenters. The van der Waals surface area contributed by atoms with Crippen molar-refractivity contribution >= 4 is 23.8 Å². The van der Waals surface area contributed by atoms with Crippen LogP contribution in [0.5, 0.6) is 0 Å². The highest BCUT2D eigenvalue weighted by Gasteiger charge is 2.27. The largest absolute Gasteiger partial charge is 0.465 e. The summed E-state index contributed by atoms with van der Waals surface area (Å²) >= 11 is 0. The van der Waals surface area contributed by atoms with Crippen LogP contribution in [0, 0.1) is 23.4 Å². The van der Waals surface area contributed by atoms with Gasteiger partial charge in [-0.05, 0) is 13.8 Å². The maximum atomic E-state index is 13.1. The first-order chi connectivity index (χ1) is 10.4. The fraction of sp³-hybridized carbons (Fsp3) is 0.357. The van der Waals surface area contributed by atoms with E-state index in [1.54, 1.807) is 13.8 Å². The Labute approximate surface area is 124 Å². The molecule has 0 spiro atoms. The van der Waals surface area contributed by atoms with Crippen molar-refractivity contribution in [3.63, 3.8) is 0 Å². The Hall–Kier alpha value is -2.38. The Morgan fingerprint density at radius 3 is 1.95 bits per heavy atom. The van der Waals surface area contributed by atoms with Crippen LogP contribution < -0.4 is 0 Å². The van der Waals surface area contributed by atoms with E-state index in [1.165, 1.54) is 0 Å². The van der Waals surface area contributed by atoms with Crippen molar-refractivity contribution in [3.05, 3.63) is 29.6 Å². The molecule has 0 N–H and O–H groups in total. The molecule has 0 atom stereocenters. The summed E-state index contributed by atoms with van der Waals surface area (Å²) in [5.41, 5.74) is -0.296. The highest BCUT2D eigenvalue weighted by molar-refractivity contribution is 6.09. The van der Waals surface area contributed by atoms with E-state index in [2.05, 4.69) is 14.5 Å². The highest BCUT2D eigenvalue weighted by Crippen LogP contribution is 2.20. The maximum absolute atomic E-state index is 13.1. The second kappa shape index (κ2) is 8.16. The van der Waals surface area contributed by atoms with Gasteiger partial charge in [-0.1, -0.05) is 0 Å². The molecule has 0 amide bonds. The lowest BCUT2D eigenvalue weighted by atomic mass is 10.1. The number of nitrogens with zero attached hydrogens (tertiary/aromatic N) is 1. The molecule has 0 aromatic heterocycles. The molecule has 1 aromatic carbocycles. The number of aliphatic imine (C=N–C) groups is 1. The number of benzene rings is 1. The molecule has 0 saturated heterocycles. The van der Waals surface area contributed by atoms with Crippen molar-refractivity contribution in [1.29, 1.82) is 0 Å². The molecular formula is C14H14F3NO4. The number of rotatable bonds is 6. The van der Waals surface area contributed by atoms with Crippen LogP contribution in [0.15, 0.2) is 17.1 Å². The minimum atomic E-state index is -1.63. The van der Waals surface area contributed by atoms with Gasteiger partial charge in [-0.2, -0.15) is 0 Å². The molecule has 0 aliphatic rings. The molecule has 0 bridgehead atoms. The summed E-state index contributed by atoms with van der Waals surface area (Å²) in [7, 11) is 0. The first-order valence-electron chi connectivity index (χ1n) is 6.42. The third-order valence-electron chi connectivity index (χ3n) is 2.42. The summed E-state index contributed by atoms with van der Waals surface area (Å²) in [5, 5.41) is 0. The smallest absolute Gasteiger partial charge is 0.325 e. The van der Waals surface area contributed by atoms with Gasteiger partial charge in [-0.15, -0.1) is 0 Å². The highest BCUT2D eigenvalue weighted by atomic mass is 19.2. The standard InChI is InChI=1S/C14H14F3NO4/c1-3-21-13(19)9(14(20)22-4-2)7-18-8-5-10(15)12(17)11(16)6-8/h5-7,9H,3-4H2,1-2H3. The molecule has 5 nitrogen and oxygen atoms in total. The van der Waals surface area contributed by atoms with Gasteiger partial charge in [0.25, 0.3) is 0 Å². The fourth-order valence-electron chi connectivity index (χ4n) is 1.46. The van der Waals surface area contributed by atoms with E-state index < -0.39 is 35.3 Å². The first-order valence-corrected chi connectivity index (χ1v) is 6.42. The van der Waals surface area contributed by atoms with Crippen molar-refractivity contribution in [1.82, 2.24) is 0 Å². The number of halogens is 3. The molecule has 0 radical (unpaired) electrons. The van der Waals surface area contributed by atoms with Gasteiger partial charge in [-0.3, -0.25) is 14.6 Å². The third-order valence-corrected chi connectivity index (χ3v) is 2.42. The number of carbonyl (C=O) groups excluding carboxylic acids is 2. The van der Waals surface area contributed by atoms with E-state index in [1.807, 2.05) is 0 Å². The van der Waals surface area contributed by atoms with Crippen molar-refractivity contribution in [2.75, 3.05) is 13.2 Å². The second-order valence-corrected chi connectivity index (χ2v) is 3.98. The number of hydrogen-bond acceptors (Lipinski definition) is 5. The lowest BCUT2D eigenvalue weighted by Gasteiger charge is -2.10. The van der Waals surface area contributed by atoms with Crippen molar-refractivity contribution in [2.24, 2.45) is 10.9 Å². The van der Waals surface area contributed by atoms with Gasteiger partial charge in [-0.25, -0.2) is 13.2 Å². The van der Waals surface area contributed by atoms with Crippen molar-refractivity contribution in [2.45, 2.75) is 13.8 Å². The summed E-state index contributed by atoms with van der Waals surface area (Å²) in [4.78, 5) is 26.9. The Balaban J connectivity index is 3.02. The molecule has 0 fully saturated rings. The van der Waals surface area contributed by atoms with Gasteiger partial charge in [0, 0.05) is 18.3 Å². The fourth-order valence-corrected chi connectivity index (χ4v) is 1.46. The van der Waals surface area contributed by atoms with Crippen LogP contribution >= 0.6 is 0 Å². The van der Waals surface area contributed by atoms with E-state index in [0.29, 0.717) is 12.1 Å². The topological polar surface area (TPSA) is 65.0 Å². The van der Waals surface area contributed by atoms with E-state index in [-0.39, 0.29) is 18.9 Å². The Kier molecular flexibility index (Phi) is 6.55. The predicted octanol–water partition coefficient (Wildman–Crippen LogP) is 2.55. The molecule has 0 heterocycles. The summed E-state index contributed by atoms with van der Waals surface area (Å²) in [5.74, 6) is -7.80. The van der Waals surface area contributed by atoms with E-state index in [4.69, 9.17) is 0 Å². The Morgan fingerprint density at radius 1 is 1.09 bits per heavy atom. The van der Waals surface area contributed by atoms with Crippen molar-refractivity contribution < 1.29 is 32.2 Å². The molecule has 120 valence electrons. The monoisotopic (exact) mass is 317 g/mol. The zero-order valence-corrected chi connectivity index (χ0v) is 11.9. The van der Waals surface area contributed by atoms with Crippen molar-refractivity contribution in [3.8, 4) is 0 Å². The second-order valence-electron chi connectivity index (χ2n) is 3.98. The van der Waals surface area contributed by atoms with Crippen LogP contribution in [-0.4, -0.2) is 31.4 Å². The van der Waals surface area contributed by atoms with Gasteiger partial charge < -0.3 is 9.47 Å². The zero-order chi connectivity index (χ0) is 16.7. The summed E-state index contributed by atoms with van der Waals surface area (Å²) in [6, 6.07) is 1.25. The zero-order valence-electron chi connectivity index (χ0n) is 11.9. The third kappa shape index (κ3) is 4.57. The van der Waals surface area contributed by atoms with Crippen LogP contribution in [0.2, 0.25) is 0 Å². The van der Waals surface area contributed by atoms with E-state index >= 15 is 0 Å². The predicted molar refractivity (Wildman–Crippen MR) is 71.2 cm³/mol. The molecule has 0 aliphatic carbocycles. The van der Waals surface area contributed by atoms with Crippen LogP contribution in [0.3, 0.4) is 0 Å². The van der Waals surface area contributed by atoms with Gasteiger partial charge >= 0.3 is 11.9 Å². The van der Waals surface area contributed by atoms with Gasteiger partial charge in [0.1, 0.15) is 0 Å². The number of ether oxygens (including phenoxy) is 2. The molecule has 22 heavy (non-hydrogen) atoms. The van der Waals surface area contributed by atoms with Crippen LogP contribution in [0.4, 0.5) is 18.9 Å². The lowest BCUT2D eigenvalue weighted by molar-refractivity contribution is -0.157. The van der Waals surface area contributed by atoms with Crippen LogP contribution in [-0.2, 0) is 19.1 Å². The molecule has 0 aliphatic heterocycles. The Bertz CT molecular complexity index is 548. The summed E-state index contributed by atoms with van der Waals surface area (Å²) in [6.45, 7) is 3.15. The van der Waals surface area contributed by atoms with Gasteiger partial charge in [0.05, 0.1) is 18.9 Å². The number of hydrogen-bond donors (Lipinski definition) is 0. The normalized spacial score (nSPS) is 11.0. The summed E-state index contributed by atoms with van der Waals surface area (Å²) in [6.07, 6.45) is 0.835. The first kappa shape index (κ1) is 17.7. The van der Waals surface area contributed by atoms with E-state index in [9.17, 15) is 22.8 Å². The molecule has 1 rings (SSSR count). The molecule has 1 aromatic rings. The van der Waals surface area contributed by atoms with Gasteiger partial charge in [0.2, 0.25) is 0 Å². The SMILES string of the molecule is CCOC(=O)C(C=Nc1cc(F)c(F)c(F)c1)C(=O)OCC. The van der Waals surface area contributed by atoms with Gasteiger partial charge in [0.15, 0.2) is 23.4 Å². The van der Waals surface area contributed by atoms with E-state index in [0.717, 1.165) is 6.21 Å². The number of esters is 2. The quantitative estimate of drug-likeness (QED) is 0.350. The average Bonchev–Trinajstić information content (AvgIpc) is 2.45. The lowest BCUT2D eigenvalue weighted by Crippen LogP contribution is -2.29. The minimum Gasteiger partial charge on any atom is -0.465 e. The Morgan fingerprint density at radius 2 is 1.55 bits per heavy atom. The maximum Gasteiger partial charge on any atom is 0.325 e. The van der Waals surface area contributed by atoms with Crippen LogP contribution in [0.1, 0.15) is 13.8 Å². The number of carbonyl (C=O) groups is 2.